The molecule has 5 nitrogen and oxygen atoms in total. The van der Waals surface area contributed by atoms with E-state index in [1.54, 1.807) is 0 Å². The first-order valence-corrected chi connectivity index (χ1v) is 11.2. The fraction of sp³-hybridized carbons (Fsp3) is 0.870. The Morgan fingerprint density at radius 2 is 1.89 bits per heavy atom. The van der Waals surface area contributed by atoms with Crippen molar-refractivity contribution in [3.63, 3.8) is 0 Å². The van der Waals surface area contributed by atoms with Crippen molar-refractivity contribution < 1.29 is 19.1 Å². The van der Waals surface area contributed by atoms with Crippen LogP contribution in [0.5, 0.6) is 0 Å². The van der Waals surface area contributed by atoms with E-state index >= 15 is 0 Å². The second-order valence-electron chi connectivity index (χ2n) is 9.02. The SMILES string of the molecule is CCCCCCOC[C@@H]1[C@H](C/C=C\CCC(C)(C)C(=O)NOC)[C@@H]2CC[C@H]1O2. The van der Waals surface area contributed by atoms with E-state index in [0.717, 1.165) is 32.5 Å². The van der Waals surface area contributed by atoms with E-state index in [-0.39, 0.29) is 5.91 Å². The van der Waals surface area contributed by atoms with Crippen molar-refractivity contribution in [3.05, 3.63) is 12.2 Å². The van der Waals surface area contributed by atoms with Crippen LogP contribution in [0.2, 0.25) is 0 Å². The molecule has 2 rings (SSSR count). The Morgan fingerprint density at radius 1 is 1.14 bits per heavy atom. The molecule has 0 aromatic heterocycles. The van der Waals surface area contributed by atoms with Crippen LogP contribution in [0, 0.1) is 17.3 Å². The van der Waals surface area contributed by atoms with Gasteiger partial charge in [-0.25, -0.2) is 5.48 Å². The standard InChI is InChI=1S/C23H41NO4/c1-5-6-7-11-16-27-17-19-18(20-13-14-21(19)28-20)12-9-8-10-15-23(2,3)22(25)24-26-4/h8-9,18-21H,5-7,10-17H2,1-4H3,(H,24,25)/b9-8-/t18-,19+,20-,21+/m0/s1. The van der Waals surface area contributed by atoms with Crippen LogP contribution in [-0.4, -0.2) is 38.4 Å². The van der Waals surface area contributed by atoms with Crippen molar-refractivity contribution in [2.75, 3.05) is 20.3 Å². The average Bonchev–Trinajstić information content (AvgIpc) is 3.26. The minimum Gasteiger partial charge on any atom is -0.381 e. The number of rotatable bonds is 14. The molecule has 2 heterocycles. The van der Waals surface area contributed by atoms with E-state index in [9.17, 15) is 4.79 Å². The molecule has 0 aromatic rings. The van der Waals surface area contributed by atoms with Gasteiger partial charge in [0.05, 0.1) is 25.9 Å². The average molecular weight is 396 g/mol. The second kappa shape index (κ2) is 11.9. The van der Waals surface area contributed by atoms with Gasteiger partial charge in [-0.2, -0.15) is 0 Å². The van der Waals surface area contributed by atoms with Crippen molar-refractivity contribution in [2.45, 2.75) is 90.8 Å². The van der Waals surface area contributed by atoms with Crippen molar-refractivity contribution >= 4 is 5.91 Å². The van der Waals surface area contributed by atoms with E-state index in [1.165, 1.54) is 45.6 Å². The highest BCUT2D eigenvalue weighted by atomic mass is 16.6. The number of carbonyl (C=O) groups is 1. The fourth-order valence-electron chi connectivity index (χ4n) is 4.44. The van der Waals surface area contributed by atoms with Crippen LogP contribution in [0.4, 0.5) is 0 Å². The van der Waals surface area contributed by atoms with Gasteiger partial charge in [0.15, 0.2) is 0 Å². The zero-order chi connectivity index (χ0) is 20.4. The van der Waals surface area contributed by atoms with Gasteiger partial charge in [-0.1, -0.05) is 52.2 Å². The molecule has 2 aliphatic heterocycles. The normalized spacial score (nSPS) is 27.0. The van der Waals surface area contributed by atoms with Crippen LogP contribution < -0.4 is 5.48 Å². The first-order valence-electron chi connectivity index (χ1n) is 11.2. The molecule has 0 spiro atoms. The Labute approximate surface area is 171 Å². The van der Waals surface area contributed by atoms with Crippen molar-refractivity contribution in [1.82, 2.24) is 5.48 Å². The van der Waals surface area contributed by atoms with E-state index < -0.39 is 5.41 Å². The molecule has 2 fully saturated rings. The van der Waals surface area contributed by atoms with Crippen LogP contribution >= 0.6 is 0 Å². The molecule has 28 heavy (non-hydrogen) atoms. The summed E-state index contributed by atoms with van der Waals surface area (Å²) < 4.78 is 12.2. The minimum absolute atomic E-state index is 0.0685. The van der Waals surface area contributed by atoms with Gasteiger partial charge in [-0.15, -0.1) is 0 Å². The molecule has 2 bridgehead atoms. The van der Waals surface area contributed by atoms with Crippen molar-refractivity contribution in [2.24, 2.45) is 17.3 Å². The van der Waals surface area contributed by atoms with Gasteiger partial charge in [0.25, 0.3) is 0 Å². The van der Waals surface area contributed by atoms with Gasteiger partial charge in [-0.05, 0) is 44.4 Å². The number of ether oxygens (including phenoxy) is 2. The molecule has 0 aromatic carbocycles. The predicted octanol–water partition coefficient (Wildman–Crippen LogP) is 4.81. The maximum atomic E-state index is 12.0. The Balaban J connectivity index is 1.70. The molecule has 2 saturated heterocycles. The highest BCUT2D eigenvalue weighted by Gasteiger charge is 2.48. The maximum absolute atomic E-state index is 12.0. The Morgan fingerprint density at radius 3 is 2.61 bits per heavy atom. The number of fused-ring (bicyclic) bond motifs is 2. The van der Waals surface area contributed by atoms with Gasteiger partial charge < -0.3 is 9.47 Å². The lowest BCUT2D eigenvalue weighted by Crippen LogP contribution is -2.36. The molecule has 1 N–H and O–H groups in total. The number of allylic oxidation sites excluding steroid dienone is 2. The topological polar surface area (TPSA) is 56.8 Å². The first-order chi connectivity index (χ1) is 13.5. The van der Waals surface area contributed by atoms with Crippen molar-refractivity contribution in [1.29, 1.82) is 0 Å². The molecular weight excluding hydrogens is 354 g/mol. The van der Waals surface area contributed by atoms with Crippen molar-refractivity contribution in [3.8, 4) is 0 Å². The third-order valence-corrected chi connectivity index (χ3v) is 6.36. The van der Waals surface area contributed by atoms with Gasteiger partial charge in [0.1, 0.15) is 0 Å². The third-order valence-electron chi connectivity index (χ3n) is 6.36. The zero-order valence-corrected chi connectivity index (χ0v) is 18.4. The number of hydrogen-bond acceptors (Lipinski definition) is 4. The van der Waals surface area contributed by atoms with Crippen LogP contribution in [0.3, 0.4) is 0 Å². The molecule has 0 radical (unpaired) electrons. The summed E-state index contributed by atoms with van der Waals surface area (Å²) in [5, 5.41) is 0. The Bertz CT molecular complexity index is 491. The van der Waals surface area contributed by atoms with E-state index in [1.807, 2.05) is 13.8 Å². The number of unbranched alkanes of at least 4 members (excludes halogenated alkanes) is 3. The Kier molecular flexibility index (Phi) is 9.96. The number of hydroxylamine groups is 1. The molecule has 0 unspecified atom stereocenters. The number of nitrogens with one attached hydrogen (secondary N) is 1. The highest BCUT2D eigenvalue weighted by Crippen LogP contribution is 2.45. The summed E-state index contributed by atoms with van der Waals surface area (Å²) in [5.74, 6) is 1.05. The summed E-state index contributed by atoms with van der Waals surface area (Å²) in [6.45, 7) is 7.87. The second-order valence-corrected chi connectivity index (χ2v) is 9.02. The number of amides is 1. The van der Waals surface area contributed by atoms with Gasteiger partial charge in [0, 0.05) is 17.9 Å². The largest absolute Gasteiger partial charge is 0.381 e. The van der Waals surface area contributed by atoms with Crippen LogP contribution in [0.25, 0.3) is 0 Å². The smallest absolute Gasteiger partial charge is 0.249 e. The van der Waals surface area contributed by atoms with Gasteiger partial charge >= 0.3 is 0 Å². The quantitative estimate of drug-likeness (QED) is 0.261. The summed E-state index contributed by atoms with van der Waals surface area (Å²) in [6.07, 6.45) is 15.5. The first kappa shape index (κ1) is 23.4. The molecule has 2 aliphatic rings. The van der Waals surface area contributed by atoms with Crippen LogP contribution in [0.15, 0.2) is 12.2 Å². The van der Waals surface area contributed by atoms with E-state index in [2.05, 4.69) is 24.6 Å². The Hall–Kier alpha value is -0.910. The molecule has 162 valence electrons. The predicted molar refractivity (Wildman–Crippen MR) is 112 cm³/mol. The summed E-state index contributed by atoms with van der Waals surface area (Å²) >= 11 is 0. The number of carbonyl (C=O) groups excluding carboxylic acids is 1. The number of hydrogen-bond donors (Lipinski definition) is 1. The van der Waals surface area contributed by atoms with Crippen LogP contribution in [0.1, 0.15) is 78.6 Å². The van der Waals surface area contributed by atoms with E-state index in [0.29, 0.717) is 24.0 Å². The lowest BCUT2D eigenvalue weighted by molar-refractivity contribution is -0.140. The highest BCUT2D eigenvalue weighted by molar-refractivity contribution is 5.80. The zero-order valence-electron chi connectivity index (χ0n) is 18.4. The summed E-state index contributed by atoms with van der Waals surface area (Å²) in [5.41, 5.74) is 2.01. The third kappa shape index (κ3) is 6.85. The fourth-order valence-corrected chi connectivity index (χ4v) is 4.44. The molecule has 0 saturated carbocycles. The molecule has 4 atom stereocenters. The van der Waals surface area contributed by atoms with Gasteiger partial charge in [0.2, 0.25) is 5.91 Å². The molecular formula is C23H41NO4. The minimum atomic E-state index is -0.427. The van der Waals surface area contributed by atoms with Crippen LogP contribution in [-0.2, 0) is 19.1 Å². The van der Waals surface area contributed by atoms with E-state index in [4.69, 9.17) is 14.3 Å². The molecule has 1 amide bonds. The maximum Gasteiger partial charge on any atom is 0.249 e. The monoisotopic (exact) mass is 395 g/mol. The molecule has 0 aliphatic carbocycles. The summed E-state index contributed by atoms with van der Waals surface area (Å²) in [7, 11) is 1.47. The lowest BCUT2D eigenvalue weighted by atomic mass is 9.78. The summed E-state index contributed by atoms with van der Waals surface area (Å²) in [6, 6.07) is 0. The lowest BCUT2D eigenvalue weighted by Gasteiger charge is -2.27. The van der Waals surface area contributed by atoms with Gasteiger partial charge in [-0.3, -0.25) is 9.63 Å². The summed E-state index contributed by atoms with van der Waals surface area (Å²) in [4.78, 5) is 16.7. The molecule has 5 heteroatoms.